The second-order valence-electron chi connectivity index (χ2n) is 26.7. The third-order valence-corrected chi connectivity index (χ3v) is 21.8. The molecule has 11 nitrogen and oxygen atoms in total. The minimum absolute atomic E-state index is 0.0413. The first-order valence-electron chi connectivity index (χ1n) is 32.2. The first-order chi connectivity index (χ1) is 40.5. The van der Waals surface area contributed by atoms with E-state index in [0.29, 0.717) is 48.7 Å². The Hall–Kier alpha value is -5.66. The van der Waals surface area contributed by atoms with Crippen LogP contribution in [0.2, 0.25) is 0 Å². The summed E-state index contributed by atoms with van der Waals surface area (Å²) >= 11 is 0. The molecule has 438 valence electrons. The van der Waals surface area contributed by atoms with Crippen molar-refractivity contribution in [1.29, 1.82) is 0 Å². The van der Waals surface area contributed by atoms with E-state index in [1.165, 1.54) is 54.4 Å². The molecule has 4 aromatic rings. The molecule has 0 radical (unpaired) electrons. The van der Waals surface area contributed by atoms with Crippen molar-refractivity contribution < 1.29 is 29.3 Å². The third-order valence-electron chi connectivity index (χ3n) is 21.8. The average Bonchev–Trinajstić information content (AvgIpc) is 2.04. The summed E-state index contributed by atoms with van der Waals surface area (Å²) in [5.41, 5.74) is 11.7. The molecule has 7 N–H and O–H groups in total. The molecular formula is C72H89N5O6. The van der Waals surface area contributed by atoms with Crippen LogP contribution < -0.4 is 26.6 Å². The number of aliphatic hydroxyl groups excluding tert-OH is 1. The summed E-state index contributed by atoms with van der Waals surface area (Å²) in [5.74, 6) is 1.52. The Labute approximate surface area is 492 Å². The van der Waals surface area contributed by atoms with E-state index in [2.05, 4.69) is 126 Å². The number of phenolic OH excluding ortho intramolecular Hbond substituents is 1. The summed E-state index contributed by atoms with van der Waals surface area (Å²) in [6, 6.07) is 32.9. The molecule has 4 aromatic carbocycles. The van der Waals surface area contributed by atoms with Crippen molar-refractivity contribution in [1.82, 2.24) is 26.6 Å². The second kappa shape index (κ2) is 24.0. The van der Waals surface area contributed by atoms with E-state index in [0.717, 1.165) is 141 Å². The quantitative estimate of drug-likeness (QED) is 0.0679. The van der Waals surface area contributed by atoms with E-state index < -0.39 is 11.5 Å². The minimum Gasteiger partial charge on any atom is -0.508 e. The molecule has 11 heteroatoms. The summed E-state index contributed by atoms with van der Waals surface area (Å²) in [6.07, 6.45) is 22.4. The van der Waals surface area contributed by atoms with E-state index >= 15 is 9.59 Å². The maximum atomic E-state index is 15.3. The SMILES string of the molecule is CC[C@H](/C=C1\OC(=O)C2=C3c4cc(O)ccc4-c4cccc(c4)CNCCc4cc(CNC5CCCCC5)cc(c4)[C@@H](NC[C@H](C)O)[C@H]4CC[C@@]([C@@H]5CCN[C@H](NC)C5)(CC=C5OC(=O)C6=C5CC[C@H]5[C@H]3CC[C@@]21[C@@H]65)C4)Cc1ccccc1. The van der Waals surface area contributed by atoms with Gasteiger partial charge >= 0.3 is 11.9 Å². The van der Waals surface area contributed by atoms with Crippen LogP contribution in [-0.2, 0) is 45.0 Å². The number of esters is 2. The maximum absolute atomic E-state index is 15.3. The highest BCUT2D eigenvalue weighted by Gasteiger charge is 2.69. The Bertz CT molecular complexity index is 3210. The van der Waals surface area contributed by atoms with Crippen molar-refractivity contribution in [3.63, 3.8) is 0 Å². The lowest BCUT2D eigenvalue weighted by molar-refractivity contribution is -0.135. The molecule has 2 saturated heterocycles. The molecule has 15 rings (SSSR count). The van der Waals surface area contributed by atoms with Crippen LogP contribution in [0, 0.1) is 46.3 Å². The number of carbonyl (C=O) groups is 2. The number of ether oxygens (including phenoxy) is 2. The van der Waals surface area contributed by atoms with Gasteiger partial charge in [0.25, 0.3) is 0 Å². The first-order valence-corrected chi connectivity index (χ1v) is 32.2. The van der Waals surface area contributed by atoms with Gasteiger partial charge in [0.1, 0.15) is 17.3 Å². The van der Waals surface area contributed by atoms with Crippen molar-refractivity contribution >= 4 is 17.5 Å². The highest BCUT2D eigenvalue weighted by molar-refractivity contribution is 6.07. The van der Waals surface area contributed by atoms with Crippen molar-refractivity contribution in [2.75, 3.05) is 26.7 Å². The fourth-order valence-electron chi connectivity index (χ4n) is 17.8. The lowest BCUT2D eigenvalue weighted by Gasteiger charge is -2.56. The molecule has 83 heavy (non-hydrogen) atoms. The van der Waals surface area contributed by atoms with Crippen LogP contribution in [0.5, 0.6) is 5.75 Å². The number of carbonyl (C=O) groups excluding carboxylic acids is 2. The molecule has 5 fully saturated rings. The van der Waals surface area contributed by atoms with Crippen molar-refractivity contribution in [2.45, 2.75) is 167 Å². The van der Waals surface area contributed by atoms with Gasteiger partial charge in [-0.3, -0.25) is 0 Å². The van der Waals surface area contributed by atoms with Gasteiger partial charge in [-0.2, -0.15) is 0 Å². The molecule has 6 aliphatic carbocycles. The lowest BCUT2D eigenvalue weighted by Crippen LogP contribution is -2.52. The fraction of sp³-hybridized carbons (Fsp3) is 0.528. The number of aromatic hydroxyl groups is 1. The molecular weight excluding hydrogens is 1030 g/mol. The van der Waals surface area contributed by atoms with Gasteiger partial charge in [-0.15, -0.1) is 0 Å². The van der Waals surface area contributed by atoms with Gasteiger partial charge in [0.15, 0.2) is 0 Å². The van der Waals surface area contributed by atoms with Gasteiger partial charge in [-0.05, 0) is 239 Å². The van der Waals surface area contributed by atoms with Gasteiger partial charge in [-0.25, -0.2) is 9.59 Å². The number of phenols is 1. The summed E-state index contributed by atoms with van der Waals surface area (Å²) < 4.78 is 13.5. The Morgan fingerprint density at radius 3 is 2.51 bits per heavy atom. The monoisotopic (exact) mass is 1120 g/mol. The normalized spacial score (nSPS) is 31.1. The molecule has 1 spiro atoms. The van der Waals surface area contributed by atoms with Gasteiger partial charge < -0.3 is 46.3 Å². The molecule has 0 amide bonds. The number of piperidine rings is 1. The van der Waals surface area contributed by atoms with Gasteiger partial charge in [-0.1, -0.05) is 99.0 Å². The van der Waals surface area contributed by atoms with Crippen molar-refractivity contribution in [2.24, 2.45) is 46.3 Å². The van der Waals surface area contributed by atoms with Crippen molar-refractivity contribution in [3.8, 4) is 16.9 Å². The number of hydrogen-bond acceptors (Lipinski definition) is 11. The zero-order valence-corrected chi connectivity index (χ0v) is 49.4. The highest BCUT2D eigenvalue weighted by atomic mass is 16.6. The number of rotatable bonds is 12. The van der Waals surface area contributed by atoms with Gasteiger partial charge in [0, 0.05) is 48.8 Å². The summed E-state index contributed by atoms with van der Waals surface area (Å²) in [5, 5.41) is 41.6. The molecule has 11 atom stereocenters. The molecule has 0 aromatic heterocycles. The second-order valence-corrected chi connectivity index (χ2v) is 26.7. The first kappa shape index (κ1) is 56.5. The highest BCUT2D eigenvalue weighted by Crippen LogP contribution is 2.72. The number of hydrogen-bond donors (Lipinski definition) is 7. The molecule has 0 unspecified atom stereocenters. The summed E-state index contributed by atoms with van der Waals surface area (Å²) in [6.45, 7) is 7.88. The fourth-order valence-corrected chi connectivity index (χ4v) is 17.8. The summed E-state index contributed by atoms with van der Waals surface area (Å²) in [4.78, 5) is 30.6. The topological polar surface area (TPSA) is 153 Å². The predicted molar refractivity (Wildman–Crippen MR) is 327 cm³/mol. The lowest BCUT2D eigenvalue weighted by atomic mass is 9.44. The average molecular weight is 1120 g/mol. The Morgan fingerprint density at radius 2 is 1.67 bits per heavy atom. The Morgan fingerprint density at radius 1 is 0.807 bits per heavy atom. The Balaban J connectivity index is 0.958. The van der Waals surface area contributed by atoms with E-state index in [9.17, 15) is 10.2 Å². The number of nitrogens with one attached hydrogen (secondary N) is 5. The van der Waals surface area contributed by atoms with Crippen molar-refractivity contribution in [3.05, 3.63) is 165 Å². The molecule has 14 bridgehead atoms. The zero-order valence-electron chi connectivity index (χ0n) is 49.4. The molecule has 5 aliphatic heterocycles. The van der Waals surface area contributed by atoms with Crippen LogP contribution >= 0.6 is 0 Å². The number of allylic oxidation sites excluding steroid dienone is 5. The molecule has 3 saturated carbocycles. The third kappa shape index (κ3) is 10.9. The van der Waals surface area contributed by atoms with Gasteiger partial charge in [0.05, 0.1) is 23.3 Å². The molecule has 11 aliphatic rings. The predicted octanol–water partition coefficient (Wildman–Crippen LogP) is 12.2. The Kier molecular flexibility index (Phi) is 16.3. The zero-order chi connectivity index (χ0) is 56.8. The maximum Gasteiger partial charge on any atom is 0.340 e. The van der Waals surface area contributed by atoms with E-state index in [-0.39, 0.29) is 59.0 Å². The van der Waals surface area contributed by atoms with E-state index in [1.807, 2.05) is 19.1 Å². The standard InChI is InChI=1S/C72H89N5O6/c1-4-45(32-46-12-7-5-8-13-46)37-62-72-29-23-57-58-20-21-59-61(82-69(80)65(59)66(58)72)24-28-71(53-26-31-75-63(38-53)73-3)27-22-51(40-71)68(77-41-44(2)78)52-34-47(33-49(36-52)43-76-54-16-9-6-10-17-54)25-30-74-42-48-14-11-15-50(35-48)56-19-18-55(79)39-60(56)64(57)67(72)70(81)83-62/h5,7-8,11-15,18-19,24,33-37,39,44-45,51,53-54,57-58,63,66,68,73-79H,4,6,9-10,16-17,20-23,25-32,38,40-43H2,1-3H3/b61-24?,62-37-/t44-,45-,51-,53+,57+,58-,63-,66+,68-,71+,72+/m0/s1. The van der Waals surface area contributed by atoms with Crippen LogP contribution in [0.15, 0.2) is 131 Å². The molecule has 5 heterocycles. The number of benzene rings is 4. The van der Waals surface area contributed by atoms with Crippen LogP contribution in [0.25, 0.3) is 16.7 Å². The van der Waals surface area contributed by atoms with Crippen LogP contribution in [0.1, 0.15) is 156 Å². The van der Waals surface area contributed by atoms with Crippen LogP contribution in [0.3, 0.4) is 0 Å². The number of fused-ring (bicyclic) bond motifs is 5. The van der Waals surface area contributed by atoms with E-state index in [4.69, 9.17) is 9.47 Å². The van der Waals surface area contributed by atoms with Crippen LogP contribution in [-0.4, -0.2) is 67.1 Å². The number of cyclic esters (lactones) is 1. The smallest absolute Gasteiger partial charge is 0.340 e. The van der Waals surface area contributed by atoms with E-state index in [1.54, 1.807) is 6.07 Å². The largest absolute Gasteiger partial charge is 0.508 e. The summed E-state index contributed by atoms with van der Waals surface area (Å²) in [7, 11) is 2.07. The minimum atomic E-state index is -0.889. The number of aliphatic hydroxyl groups is 1. The van der Waals surface area contributed by atoms with Crippen LogP contribution in [0.4, 0.5) is 0 Å². The van der Waals surface area contributed by atoms with Gasteiger partial charge in [0.2, 0.25) is 0 Å².